The van der Waals surface area contributed by atoms with Crippen molar-refractivity contribution < 1.29 is 0 Å². The third-order valence-corrected chi connectivity index (χ3v) is 4.56. The molecule has 2 aromatic carbocycles. The normalized spacial score (nSPS) is 18.5. The summed E-state index contributed by atoms with van der Waals surface area (Å²) in [6.45, 7) is 1.72. The van der Waals surface area contributed by atoms with Gasteiger partial charge >= 0.3 is 0 Å². The number of aromatic amines is 1. The second-order valence-corrected chi connectivity index (χ2v) is 6.07. The molecule has 1 N–H and O–H groups in total. The van der Waals surface area contributed by atoms with E-state index in [0.717, 1.165) is 24.3 Å². The first kappa shape index (κ1) is 14.2. The predicted molar refractivity (Wildman–Crippen MR) is 91.2 cm³/mol. The molecule has 1 aliphatic rings. The van der Waals surface area contributed by atoms with E-state index in [1.165, 1.54) is 12.0 Å². The Hall–Kier alpha value is -2.46. The molecule has 4 heteroatoms. The van der Waals surface area contributed by atoms with Crippen molar-refractivity contribution in [3.05, 3.63) is 76.3 Å². The molecule has 0 saturated carbocycles. The summed E-state index contributed by atoms with van der Waals surface area (Å²) in [6, 6.07) is 18.5. The summed E-state index contributed by atoms with van der Waals surface area (Å²) < 4.78 is 0. The quantitative estimate of drug-likeness (QED) is 0.808. The summed E-state index contributed by atoms with van der Waals surface area (Å²) in [5, 5.41) is 0.650. The zero-order chi connectivity index (χ0) is 15.6. The van der Waals surface area contributed by atoms with Gasteiger partial charge in [0.05, 0.1) is 17.4 Å². The van der Waals surface area contributed by atoms with Gasteiger partial charge in [-0.15, -0.1) is 0 Å². The van der Waals surface area contributed by atoms with Gasteiger partial charge in [0.15, 0.2) is 0 Å². The number of nitrogens with one attached hydrogen (secondary N) is 1. The Morgan fingerprint density at radius 2 is 1.87 bits per heavy atom. The van der Waals surface area contributed by atoms with E-state index in [1.54, 1.807) is 0 Å². The average molecular weight is 305 g/mol. The fraction of sp³-hybridized carbons (Fsp3) is 0.263. The first-order valence-electron chi connectivity index (χ1n) is 8.08. The van der Waals surface area contributed by atoms with E-state index in [1.807, 2.05) is 30.3 Å². The molecule has 0 amide bonds. The van der Waals surface area contributed by atoms with Gasteiger partial charge in [-0.2, -0.15) is 0 Å². The summed E-state index contributed by atoms with van der Waals surface area (Å²) in [7, 11) is 0. The van der Waals surface area contributed by atoms with Crippen LogP contribution in [0, 0.1) is 0 Å². The van der Waals surface area contributed by atoms with E-state index in [4.69, 9.17) is 0 Å². The number of H-pyrrole nitrogens is 1. The molecule has 1 aromatic heterocycles. The Bertz CT molecular complexity index is 872. The molecule has 1 fully saturated rings. The molecule has 0 radical (unpaired) electrons. The van der Waals surface area contributed by atoms with Gasteiger partial charge in [0.25, 0.3) is 5.56 Å². The SMILES string of the molecule is O=c1[nH]c(CN2CCC[C@@H]2c2ccccc2)nc2ccccc12. The van der Waals surface area contributed by atoms with Crippen LogP contribution in [0.25, 0.3) is 10.9 Å². The zero-order valence-electron chi connectivity index (χ0n) is 12.9. The van der Waals surface area contributed by atoms with Crippen molar-refractivity contribution >= 4 is 10.9 Å². The zero-order valence-corrected chi connectivity index (χ0v) is 12.9. The fourth-order valence-electron chi connectivity index (χ4n) is 3.47. The highest BCUT2D eigenvalue weighted by atomic mass is 16.1. The second kappa shape index (κ2) is 5.97. The highest BCUT2D eigenvalue weighted by Gasteiger charge is 2.26. The van der Waals surface area contributed by atoms with Gasteiger partial charge in [0.2, 0.25) is 0 Å². The molecule has 4 nitrogen and oxygen atoms in total. The van der Waals surface area contributed by atoms with Gasteiger partial charge in [0, 0.05) is 6.04 Å². The van der Waals surface area contributed by atoms with Crippen molar-refractivity contribution in [2.45, 2.75) is 25.4 Å². The Morgan fingerprint density at radius 1 is 1.09 bits per heavy atom. The Balaban J connectivity index is 1.63. The van der Waals surface area contributed by atoms with Gasteiger partial charge < -0.3 is 4.98 Å². The van der Waals surface area contributed by atoms with Crippen LogP contribution in [0.2, 0.25) is 0 Å². The summed E-state index contributed by atoms with van der Waals surface area (Å²) in [5.41, 5.74) is 2.05. The van der Waals surface area contributed by atoms with Gasteiger partial charge in [-0.3, -0.25) is 9.69 Å². The smallest absolute Gasteiger partial charge is 0.258 e. The average Bonchev–Trinajstić information content (AvgIpc) is 3.04. The molecular weight excluding hydrogens is 286 g/mol. The van der Waals surface area contributed by atoms with Crippen LogP contribution in [0.4, 0.5) is 0 Å². The van der Waals surface area contributed by atoms with Crippen molar-refractivity contribution in [3.63, 3.8) is 0 Å². The van der Waals surface area contributed by atoms with E-state index in [0.29, 0.717) is 18.0 Å². The van der Waals surface area contributed by atoms with Crippen LogP contribution < -0.4 is 5.56 Å². The number of hydrogen-bond acceptors (Lipinski definition) is 3. The lowest BCUT2D eigenvalue weighted by Crippen LogP contribution is -2.25. The lowest BCUT2D eigenvalue weighted by Gasteiger charge is -2.24. The van der Waals surface area contributed by atoms with Crippen LogP contribution in [0.1, 0.15) is 30.3 Å². The molecule has 0 aliphatic carbocycles. The predicted octanol–water partition coefficient (Wildman–Crippen LogP) is 3.26. The molecule has 2 heterocycles. The van der Waals surface area contributed by atoms with Crippen LogP contribution in [-0.2, 0) is 6.54 Å². The third-order valence-electron chi connectivity index (χ3n) is 4.56. The molecule has 1 aliphatic heterocycles. The van der Waals surface area contributed by atoms with E-state index in [2.05, 4.69) is 39.1 Å². The van der Waals surface area contributed by atoms with Crippen LogP contribution in [-0.4, -0.2) is 21.4 Å². The number of benzene rings is 2. The van der Waals surface area contributed by atoms with Gasteiger partial charge in [0.1, 0.15) is 5.82 Å². The second-order valence-electron chi connectivity index (χ2n) is 6.07. The van der Waals surface area contributed by atoms with Crippen molar-refractivity contribution in [1.82, 2.24) is 14.9 Å². The minimum absolute atomic E-state index is 0.0546. The van der Waals surface area contributed by atoms with E-state index >= 15 is 0 Å². The monoisotopic (exact) mass is 305 g/mol. The molecule has 3 aromatic rings. The van der Waals surface area contributed by atoms with Crippen LogP contribution in [0.15, 0.2) is 59.4 Å². The number of likely N-dealkylation sites (tertiary alicyclic amines) is 1. The standard InChI is InChI=1S/C19H19N3O/c23-19-15-9-4-5-10-16(15)20-18(21-19)13-22-12-6-11-17(22)14-7-2-1-3-8-14/h1-5,7-10,17H,6,11-13H2,(H,20,21,23)/t17-/m1/s1. The third kappa shape index (κ3) is 2.78. The number of hydrogen-bond donors (Lipinski definition) is 1. The Labute approximate surface area is 134 Å². The number of para-hydroxylation sites is 1. The molecule has 1 atom stereocenters. The fourth-order valence-corrected chi connectivity index (χ4v) is 3.47. The van der Waals surface area contributed by atoms with E-state index < -0.39 is 0 Å². The highest BCUT2D eigenvalue weighted by Crippen LogP contribution is 2.32. The summed E-state index contributed by atoms with van der Waals surface area (Å²) >= 11 is 0. The number of nitrogens with zero attached hydrogens (tertiary/aromatic N) is 2. The molecule has 0 bridgehead atoms. The lowest BCUT2D eigenvalue weighted by atomic mass is 10.0. The summed E-state index contributed by atoms with van der Waals surface area (Å²) in [5.74, 6) is 0.747. The number of aromatic nitrogens is 2. The first-order valence-corrected chi connectivity index (χ1v) is 8.08. The maximum Gasteiger partial charge on any atom is 0.258 e. The number of fused-ring (bicyclic) bond motifs is 1. The molecule has 4 rings (SSSR count). The maximum atomic E-state index is 12.2. The van der Waals surface area contributed by atoms with Crippen molar-refractivity contribution in [2.24, 2.45) is 0 Å². The topological polar surface area (TPSA) is 49.0 Å². The van der Waals surface area contributed by atoms with Crippen LogP contribution >= 0.6 is 0 Å². The largest absolute Gasteiger partial charge is 0.309 e. The van der Waals surface area contributed by atoms with E-state index in [-0.39, 0.29) is 5.56 Å². The van der Waals surface area contributed by atoms with Crippen molar-refractivity contribution in [3.8, 4) is 0 Å². The van der Waals surface area contributed by atoms with Crippen molar-refractivity contribution in [1.29, 1.82) is 0 Å². The van der Waals surface area contributed by atoms with Gasteiger partial charge in [-0.1, -0.05) is 42.5 Å². The molecule has 23 heavy (non-hydrogen) atoms. The number of rotatable bonds is 3. The minimum atomic E-state index is -0.0546. The van der Waals surface area contributed by atoms with Gasteiger partial charge in [-0.25, -0.2) is 4.98 Å². The Morgan fingerprint density at radius 3 is 2.74 bits per heavy atom. The maximum absolute atomic E-state index is 12.2. The highest BCUT2D eigenvalue weighted by molar-refractivity contribution is 5.77. The first-order chi connectivity index (χ1) is 11.3. The Kier molecular flexibility index (Phi) is 3.67. The molecule has 0 unspecified atom stereocenters. The van der Waals surface area contributed by atoms with E-state index in [9.17, 15) is 4.79 Å². The van der Waals surface area contributed by atoms with Gasteiger partial charge in [-0.05, 0) is 37.1 Å². The molecule has 116 valence electrons. The van der Waals surface area contributed by atoms with Crippen LogP contribution in [0.3, 0.4) is 0 Å². The summed E-state index contributed by atoms with van der Waals surface area (Å²) in [6.07, 6.45) is 2.33. The lowest BCUT2D eigenvalue weighted by molar-refractivity contribution is 0.242. The molecule has 0 spiro atoms. The van der Waals surface area contributed by atoms with Crippen molar-refractivity contribution in [2.75, 3.05) is 6.54 Å². The molecule has 1 saturated heterocycles. The molecular formula is C19H19N3O. The summed E-state index contributed by atoms with van der Waals surface area (Å²) in [4.78, 5) is 22.2. The van der Waals surface area contributed by atoms with Crippen LogP contribution in [0.5, 0.6) is 0 Å². The minimum Gasteiger partial charge on any atom is -0.309 e.